The van der Waals surface area contributed by atoms with Crippen molar-refractivity contribution in [3.05, 3.63) is 29.6 Å². The van der Waals surface area contributed by atoms with E-state index in [4.69, 9.17) is 0 Å². The molecule has 1 aromatic carbocycles. The quantitative estimate of drug-likeness (QED) is 0.609. The Hall–Kier alpha value is -1.42. The summed E-state index contributed by atoms with van der Waals surface area (Å²) in [6.45, 7) is 0. The van der Waals surface area contributed by atoms with E-state index in [-0.39, 0.29) is 5.82 Å². The Labute approximate surface area is 68.6 Å². The predicted octanol–water partition coefficient (Wildman–Crippen LogP) is 1.27. The van der Waals surface area contributed by atoms with E-state index in [0.29, 0.717) is 11.3 Å². The molecule has 2 rings (SSSR count). The molecule has 0 saturated carbocycles. The van der Waals surface area contributed by atoms with Gasteiger partial charge in [-0.2, -0.15) is 0 Å². The maximum Gasteiger partial charge on any atom is 0.175 e. The van der Waals surface area contributed by atoms with Gasteiger partial charge in [0.25, 0.3) is 0 Å². The number of nitrogens with zero attached hydrogens (tertiary/aromatic N) is 1. The highest BCUT2D eigenvalue weighted by molar-refractivity contribution is 5.80. The summed E-state index contributed by atoms with van der Waals surface area (Å²) in [5.41, 5.74) is 1.16. The lowest BCUT2D eigenvalue weighted by Crippen LogP contribution is -2.09. The minimum Gasteiger partial charge on any atom is -0.368 e. The smallest absolute Gasteiger partial charge is 0.175 e. The number of hydrogen-bond acceptors (Lipinski definition) is 3. The first-order valence-electron chi connectivity index (χ1n) is 3.53. The van der Waals surface area contributed by atoms with Crippen molar-refractivity contribution < 1.29 is 9.50 Å². The summed E-state index contributed by atoms with van der Waals surface area (Å²) in [5, 5.41) is 12.1. The van der Waals surface area contributed by atoms with E-state index >= 15 is 0 Å². The molecule has 1 aromatic rings. The molecule has 0 bridgehead atoms. The Morgan fingerprint density at radius 3 is 3.17 bits per heavy atom. The van der Waals surface area contributed by atoms with E-state index in [2.05, 4.69) is 10.3 Å². The fourth-order valence-corrected chi connectivity index (χ4v) is 1.14. The van der Waals surface area contributed by atoms with Gasteiger partial charge in [-0.3, -0.25) is 0 Å². The molecule has 0 aromatic heterocycles. The predicted molar refractivity (Wildman–Crippen MR) is 43.5 cm³/mol. The number of halogens is 1. The zero-order valence-corrected chi connectivity index (χ0v) is 6.16. The first-order chi connectivity index (χ1) is 5.77. The number of aliphatic imine (C=N–C) groups is 1. The second-order valence-electron chi connectivity index (χ2n) is 2.53. The van der Waals surface area contributed by atoms with Crippen LogP contribution in [0.1, 0.15) is 11.8 Å². The van der Waals surface area contributed by atoms with Gasteiger partial charge in [0.05, 0.1) is 6.34 Å². The molecule has 12 heavy (non-hydrogen) atoms. The number of nitrogens with one attached hydrogen (secondary N) is 1. The first kappa shape index (κ1) is 7.24. The van der Waals surface area contributed by atoms with Gasteiger partial charge in [0.1, 0.15) is 5.82 Å². The summed E-state index contributed by atoms with van der Waals surface area (Å²) in [7, 11) is 0. The fraction of sp³-hybridized carbons (Fsp3) is 0.125. The maximum atomic E-state index is 12.7. The molecular formula is C8H7FN2O. The third-order valence-corrected chi connectivity index (χ3v) is 1.73. The van der Waals surface area contributed by atoms with Crippen LogP contribution in [0.2, 0.25) is 0 Å². The van der Waals surface area contributed by atoms with Crippen molar-refractivity contribution in [3.63, 3.8) is 0 Å². The summed E-state index contributed by atoms with van der Waals surface area (Å²) in [6.07, 6.45) is 0.446. The van der Waals surface area contributed by atoms with Crippen LogP contribution in [0.15, 0.2) is 23.2 Å². The molecular weight excluding hydrogens is 159 g/mol. The molecule has 2 N–H and O–H groups in total. The zero-order valence-electron chi connectivity index (χ0n) is 6.16. The van der Waals surface area contributed by atoms with Gasteiger partial charge in [0, 0.05) is 11.3 Å². The van der Waals surface area contributed by atoms with E-state index in [1.165, 1.54) is 18.5 Å². The van der Waals surface area contributed by atoms with Crippen molar-refractivity contribution in [1.29, 1.82) is 0 Å². The monoisotopic (exact) mass is 166 g/mol. The molecule has 0 aliphatic carbocycles. The van der Waals surface area contributed by atoms with Gasteiger partial charge in [-0.1, -0.05) is 0 Å². The number of benzene rings is 1. The Kier molecular flexibility index (Phi) is 1.55. The molecule has 0 radical (unpaired) electrons. The van der Waals surface area contributed by atoms with Crippen molar-refractivity contribution in [2.24, 2.45) is 4.99 Å². The number of fused-ring (bicyclic) bond motifs is 1. The number of anilines is 1. The molecule has 3 nitrogen and oxygen atoms in total. The van der Waals surface area contributed by atoms with E-state index in [9.17, 15) is 9.50 Å². The lowest BCUT2D eigenvalue weighted by atomic mass is 10.1. The molecule has 1 atom stereocenters. The number of aliphatic hydroxyl groups excluding tert-OH is 1. The van der Waals surface area contributed by atoms with Crippen molar-refractivity contribution in [2.75, 3.05) is 5.32 Å². The fourth-order valence-electron chi connectivity index (χ4n) is 1.14. The summed E-state index contributed by atoms with van der Waals surface area (Å²) in [5.74, 6) is -0.369. The summed E-state index contributed by atoms with van der Waals surface area (Å²) >= 11 is 0. The van der Waals surface area contributed by atoms with Crippen molar-refractivity contribution in [2.45, 2.75) is 6.23 Å². The van der Waals surface area contributed by atoms with Crippen LogP contribution in [0.3, 0.4) is 0 Å². The van der Waals surface area contributed by atoms with Gasteiger partial charge in [-0.25, -0.2) is 9.38 Å². The SMILES string of the molecule is OC1N=CNc2ccc(F)cc21. The molecule has 4 heteroatoms. The lowest BCUT2D eigenvalue weighted by molar-refractivity contribution is 0.188. The van der Waals surface area contributed by atoms with Crippen LogP contribution in [0.4, 0.5) is 10.1 Å². The second-order valence-corrected chi connectivity index (χ2v) is 2.53. The largest absolute Gasteiger partial charge is 0.368 e. The molecule has 1 aliphatic heterocycles. The van der Waals surface area contributed by atoms with Crippen LogP contribution in [0.5, 0.6) is 0 Å². The van der Waals surface area contributed by atoms with Gasteiger partial charge >= 0.3 is 0 Å². The normalized spacial score (nSPS) is 20.0. The third kappa shape index (κ3) is 1.06. The molecule has 1 aliphatic rings. The van der Waals surface area contributed by atoms with Crippen LogP contribution < -0.4 is 5.32 Å². The zero-order chi connectivity index (χ0) is 8.55. The van der Waals surface area contributed by atoms with Crippen LogP contribution in [-0.2, 0) is 0 Å². The minimum absolute atomic E-state index is 0.369. The minimum atomic E-state index is -0.947. The Balaban J connectivity index is 2.52. The van der Waals surface area contributed by atoms with Crippen LogP contribution in [0, 0.1) is 5.82 Å². The molecule has 1 unspecified atom stereocenters. The average Bonchev–Trinajstić information content (AvgIpc) is 2.07. The van der Waals surface area contributed by atoms with Gasteiger partial charge in [-0.15, -0.1) is 0 Å². The van der Waals surface area contributed by atoms with Crippen molar-refractivity contribution in [3.8, 4) is 0 Å². The Morgan fingerprint density at radius 2 is 2.33 bits per heavy atom. The van der Waals surface area contributed by atoms with Gasteiger partial charge in [0.15, 0.2) is 6.23 Å². The van der Waals surface area contributed by atoms with Crippen molar-refractivity contribution in [1.82, 2.24) is 0 Å². The molecule has 62 valence electrons. The number of hydrogen-bond donors (Lipinski definition) is 2. The van der Waals surface area contributed by atoms with E-state index in [1.807, 2.05) is 0 Å². The molecule has 1 heterocycles. The van der Waals surface area contributed by atoms with E-state index in [1.54, 1.807) is 6.07 Å². The standard InChI is InChI=1S/C8H7FN2O/c9-5-1-2-7-6(3-5)8(12)11-4-10-7/h1-4,8,12H,(H,10,11). The van der Waals surface area contributed by atoms with Crippen LogP contribution >= 0.6 is 0 Å². The van der Waals surface area contributed by atoms with E-state index < -0.39 is 6.23 Å². The molecule has 0 amide bonds. The number of rotatable bonds is 0. The Morgan fingerprint density at radius 1 is 1.50 bits per heavy atom. The van der Waals surface area contributed by atoms with Crippen LogP contribution in [0.25, 0.3) is 0 Å². The lowest BCUT2D eigenvalue weighted by Gasteiger charge is -2.16. The number of aliphatic hydroxyl groups is 1. The van der Waals surface area contributed by atoms with Crippen molar-refractivity contribution >= 4 is 12.0 Å². The summed E-state index contributed by atoms with van der Waals surface area (Å²) < 4.78 is 12.7. The van der Waals surface area contributed by atoms with Gasteiger partial charge in [-0.05, 0) is 18.2 Å². The summed E-state index contributed by atoms with van der Waals surface area (Å²) in [6, 6.07) is 4.17. The first-order valence-corrected chi connectivity index (χ1v) is 3.53. The second kappa shape index (κ2) is 2.57. The van der Waals surface area contributed by atoms with E-state index in [0.717, 1.165) is 0 Å². The summed E-state index contributed by atoms with van der Waals surface area (Å²) in [4.78, 5) is 3.67. The molecule has 0 saturated heterocycles. The highest BCUT2D eigenvalue weighted by Gasteiger charge is 2.14. The highest BCUT2D eigenvalue weighted by Crippen LogP contribution is 2.26. The molecule has 0 spiro atoms. The maximum absolute atomic E-state index is 12.7. The highest BCUT2D eigenvalue weighted by atomic mass is 19.1. The van der Waals surface area contributed by atoms with Crippen LogP contribution in [-0.4, -0.2) is 11.4 Å². The third-order valence-electron chi connectivity index (χ3n) is 1.73. The average molecular weight is 166 g/mol. The van der Waals surface area contributed by atoms with Gasteiger partial charge < -0.3 is 10.4 Å². The topological polar surface area (TPSA) is 44.6 Å². The Bertz CT molecular complexity index is 338. The van der Waals surface area contributed by atoms with Gasteiger partial charge in [0.2, 0.25) is 0 Å². The molecule has 0 fully saturated rings.